The summed E-state index contributed by atoms with van der Waals surface area (Å²) in [7, 11) is -3.58. The molecule has 0 radical (unpaired) electrons. The zero-order valence-corrected chi connectivity index (χ0v) is 22.9. The summed E-state index contributed by atoms with van der Waals surface area (Å²) in [5, 5.41) is 0.596. The summed E-state index contributed by atoms with van der Waals surface area (Å²) in [5.41, 5.74) is 2.22. The molecule has 6 nitrogen and oxygen atoms in total. The van der Waals surface area contributed by atoms with Gasteiger partial charge in [0.05, 0.1) is 21.7 Å². The van der Waals surface area contributed by atoms with Crippen LogP contribution in [0.25, 0.3) is 10.2 Å². The number of hydrogen-bond acceptors (Lipinski definition) is 5. The predicted molar refractivity (Wildman–Crippen MR) is 148 cm³/mol. The lowest BCUT2D eigenvalue weighted by Gasteiger charge is -2.21. The van der Waals surface area contributed by atoms with E-state index in [1.54, 1.807) is 33.5 Å². The number of sulfonamides is 1. The Morgan fingerprint density at radius 1 is 0.944 bits per heavy atom. The fraction of sp³-hybridized carbons (Fsp3) is 0.259. The van der Waals surface area contributed by atoms with E-state index in [1.165, 1.54) is 11.3 Å². The second-order valence-electron chi connectivity index (χ2n) is 8.83. The molecule has 0 aliphatic carbocycles. The SMILES string of the molecule is O=C(c1ccc(S(=O)(=O)N2CCCCCC2)cc1)N(Cc1ccccc1)c1nc2ccc(Br)cc2s1. The Morgan fingerprint density at radius 3 is 2.33 bits per heavy atom. The minimum Gasteiger partial charge on any atom is -0.279 e. The molecule has 4 aromatic rings. The van der Waals surface area contributed by atoms with Crippen molar-refractivity contribution in [2.24, 2.45) is 0 Å². The van der Waals surface area contributed by atoms with Gasteiger partial charge in [-0.05, 0) is 60.9 Å². The van der Waals surface area contributed by atoms with Crippen molar-refractivity contribution in [3.05, 3.63) is 88.4 Å². The Morgan fingerprint density at radius 2 is 1.64 bits per heavy atom. The van der Waals surface area contributed by atoms with Crippen molar-refractivity contribution in [1.82, 2.24) is 9.29 Å². The Hall–Kier alpha value is -2.59. The van der Waals surface area contributed by atoms with E-state index in [1.807, 2.05) is 48.5 Å². The van der Waals surface area contributed by atoms with Gasteiger partial charge >= 0.3 is 0 Å². The highest BCUT2D eigenvalue weighted by molar-refractivity contribution is 9.10. The predicted octanol–water partition coefficient (Wildman–Crippen LogP) is 6.47. The third-order valence-corrected chi connectivity index (χ3v) is 9.75. The number of halogens is 1. The maximum Gasteiger partial charge on any atom is 0.260 e. The first kappa shape index (κ1) is 25.1. The van der Waals surface area contributed by atoms with Crippen LogP contribution in [-0.4, -0.2) is 36.7 Å². The van der Waals surface area contributed by atoms with Crippen LogP contribution in [0.3, 0.4) is 0 Å². The Kier molecular flexibility index (Phi) is 7.52. The lowest BCUT2D eigenvalue weighted by Crippen LogP contribution is -2.32. The Bertz CT molecular complexity index is 1460. The Labute approximate surface area is 223 Å². The summed E-state index contributed by atoms with van der Waals surface area (Å²) in [6.07, 6.45) is 3.87. The molecule has 1 fully saturated rings. The molecule has 1 amide bonds. The van der Waals surface area contributed by atoms with Crippen LogP contribution in [0.2, 0.25) is 0 Å². The third-order valence-electron chi connectivity index (χ3n) is 6.30. The van der Waals surface area contributed by atoms with Crippen LogP contribution < -0.4 is 4.90 Å². The molecule has 0 N–H and O–H groups in total. The Balaban J connectivity index is 1.46. The number of amides is 1. The lowest BCUT2D eigenvalue weighted by atomic mass is 10.1. The van der Waals surface area contributed by atoms with Gasteiger partial charge in [-0.3, -0.25) is 9.69 Å². The number of aromatic nitrogens is 1. The van der Waals surface area contributed by atoms with Crippen molar-refractivity contribution in [2.45, 2.75) is 37.1 Å². The minimum atomic E-state index is -3.58. The average molecular weight is 585 g/mol. The van der Waals surface area contributed by atoms with Crippen LogP contribution in [0, 0.1) is 0 Å². The molecule has 1 saturated heterocycles. The normalized spacial score (nSPS) is 15.0. The minimum absolute atomic E-state index is 0.223. The monoisotopic (exact) mass is 583 g/mol. The summed E-state index contributed by atoms with van der Waals surface area (Å²) in [4.78, 5) is 20.3. The first-order valence-corrected chi connectivity index (χ1v) is 15.0. The standard InChI is InChI=1S/C27H26BrN3O3S2/c28-22-12-15-24-25(18-22)35-27(29-24)31(19-20-8-4-3-5-9-20)26(32)21-10-13-23(14-11-21)36(33,34)30-16-6-1-2-7-17-30/h3-5,8-15,18H,1-2,6-7,16-17,19H2. The average Bonchev–Trinajstić information content (AvgIpc) is 3.10. The van der Waals surface area contributed by atoms with Crippen LogP contribution in [0.15, 0.2) is 82.2 Å². The third kappa shape index (κ3) is 5.39. The fourth-order valence-corrected chi connectivity index (χ4v) is 7.38. The molecule has 0 unspecified atom stereocenters. The van der Waals surface area contributed by atoms with Crippen molar-refractivity contribution in [3.8, 4) is 0 Å². The zero-order chi connectivity index (χ0) is 25.1. The van der Waals surface area contributed by atoms with Gasteiger partial charge in [0.25, 0.3) is 5.91 Å². The summed E-state index contributed by atoms with van der Waals surface area (Å²) in [5.74, 6) is -0.226. The van der Waals surface area contributed by atoms with Crippen LogP contribution in [0.1, 0.15) is 41.6 Å². The first-order valence-electron chi connectivity index (χ1n) is 11.9. The molecule has 3 aromatic carbocycles. The molecular weight excluding hydrogens is 558 g/mol. The molecule has 186 valence electrons. The van der Waals surface area contributed by atoms with E-state index < -0.39 is 10.0 Å². The molecule has 9 heteroatoms. The van der Waals surface area contributed by atoms with E-state index in [-0.39, 0.29) is 10.8 Å². The number of carbonyl (C=O) groups is 1. The van der Waals surface area contributed by atoms with E-state index >= 15 is 0 Å². The van der Waals surface area contributed by atoms with Gasteiger partial charge in [-0.1, -0.05) is 70.4 Å². The first-order chi connectivity index (χ1) is 17.4. The largest absolute Gasteiger partial charge is 0.279 e. The van der Waals surface area contributed by atoms with Gasteiger partial charge in [0.15, 0.2) is 5.13 Å². The van der Waals surface area contributed by atoms with Gasteiger partial charge in [0.1, 0.15) is 0 Å². The highest BCUT2D eigenvalue weighted by Gasteiger charge is 2.26. The van der Waals surface area contributed by atoms with E-state index in [2.05, 4.69) is 15.9 Å². The molecule has 0 atom stereocenters. The van der Waals surface area contributed by atoms with Crippen LogP contribution >= 0.6 is 27.3 Å². The number of thiazole rings is 1. The van der Waals surface area contributed by atoms with Crippen LogP contribution in [-0.2, 0) is 16.6 Å². The molecule has 1 aliphatic heterocycles. The number of benzene rings is 3. The summed E-state index contributed by atoms with van der Waals surface area (Å²) in [6.45, 7) is 1.44. The van der Waals surface area contributed by atoms with Crippen molar-refractivity contribution < 1.29 is 13.2 Å². The van der Waals surface area contributed by atoms with Gasteiger partial charge < -0.3 is 0 Å². The zero-order valence-electron chi connectivity index (χ0n) is 19.6. The van der Waals surface area contributed by atoms with E-state index in [4.69, 9.17) is 4.98 Å². The van der Waals surface area contributed by atoms with Crippen molar-refractivity contribution >= 4 is 58.5 Å². The van der Waals surface area contributed by atoms with E-state index in [0.717, 1.165) is 45.9 Å². The van der Waals surface area contributed by atoms with E-state index in [0.29, 0.717) is 30.3 Å². The molecule has 2 heterocycles. The highest BCUT2D eigenvalue weighted by atomic mass is 79.9. The van der Waals surface area contributed by atoms with Crippen molar-refractivity contribution in [1.29, 1.82) is 0 Å². The van der Waals surface area contributed by atoms with Gasteiger partial charge in [0, 0.05) is 23.1 Å². The molecular formula is C27H26BrN3O3S2. The molecule has 36 heavy (non-hydrogen) atoms. The summed E-state index contributed by atoms with van der Waals surface area (Å²) < 4.78 is 29.8. The molecule has 1 aromatic heterocycles. The van der Waals surface area contributed by atoms with Gasteiger partial charge in [0.2, 0.25) is 10.0 Å². The molecule has 5 rings (SSSR count). The molecule has 0 spiro atoms. The molecule has 0 bridgehead atoms. The molecule has 1 aliphatic rings. The lowest BCUT2D eigenvalue weighted by molar-refractivity contribution is 0.0985. The highest BCUT2D eigenvalue weighted by Crippen LogP contribution is 2.33. The van der Waals surface area contributed by atoms with Crippen molar-refractivity contribution in [2.75, 3.05) is 18.0 Å². The number of fused-ring (bicyclic) bond motifs is 1. The quantitative estimate of drug-likeness (QED) is 0.261. The number of hydrogen-bond donors (Lipinski definition) is 0. The number of nitrogens with zero attached hydrogens (tertiary/aromatic N) is 3. The maximum atomic E-state index is 13.7. The number of carbonyl (C=O) groups excluding carboxylic acids is 1. The smallest absolute Gasteiger partial charge is 0.260 e. The number of rotatable bonds is 6. The van der Waals surface area contributed by atoms with Gasteiger partial charge in [-0.2, -0.15) is 4.31 Å². The van der Waals surface area contributed by atoms with Gasteiger partial charge in [-0.15, -0.1) is 0 Å². The number of anilines is 1. The summed E-state index contributed by atoms with van der Waals surface area (Å²) in [6, 6.07) is 21.9. The van der Waals surface area contributed by atoms with Crippen LogP contribution in [0.5, 0.6) is 0 Å². The van der Waals surface area contributed by atoms with Gasteiger partial charge in [-0.25, -0.2) is 13.4 Å². The van der Waals surface area contributed by atoms with Crippen LogP contribution in [0.4, 0.5) is 5.13 Å². The second-order valence-corrected chi connectivity index (χ2v) is 12.7. The maximum absolute atomic E-state index is 13.7. The molecule has 0 saturated carbocycles. The summed E-state index contributed by atoms with van der Waals surface area (Å²) >= 11 is 4.95. The second kappa shape index (κ2) is 10.8. The van der Waals surface area contributed by atoms with E-state index in [9.17, 15) is 13.2 Å². The fourth-order valence-electron chi connectivity index (χ4n) is 4.35. The van der Waals surface area contributed by atoms with Crippen molar-refractivity contribution in [3.63, 3.8) is 0 Å². The topological polar surface area (TPSA) is 70.6 Å².